The Labute approximate surface area is 132 Å². The number of carbonyl (C=O) groups excluding carboxylic acids is 1. The largest absolute Gasteiger partial charge is 0.497 e. The zero-order valence-corrected chi connectivity index (χ0v) is 12.4. The molecule has 2 aromatic heterocycles. The van der Waals surface area contributed by atoms with Gasteiger partial charge < -0.3 is 10.1 Å². The molecule has 0 aliphatic rings. The van der Waals surface area contributed by atoms with Crippen molar-refractivity contribution < 1.29 is 9.53 Å². The summed E-state index contributed by atoms with van der Waals surface area (Å²) in [6.07, 6.45) is 3.30. The molecule has 0 atom stereocenters. The fourth-order valence-electron chi connectivity index (χ4n) is 1.95. The minimum atomic E-state index is -0.256. The second-order valence-corrected chi connectivity index (χ2v) is 4.67. The van der Waals surface area contributed by atoms with Crippen LogP contribution in [0.15, 0.2) is 48.8 Å². The molecule has 0 aliphatic carbocycles. The van der Waals surface area contributed by atoms with Crippen LogP contribution in [0.2, 0.25) is 0 Å². The maximum Gasteiger partial charge on any atom is 0.248 e. The maximum atomic E-state index is 12.0. The molecule has 8 nitrogen and oxygen atoms in total. The summed E-state index contributed by atoms with van der Waals surface area (Å²) in [6.45, 7) is -0.0372. The van der Waals surface area contributed by atoms with Gasteiger partial charge in [-0.3, -0.25) is 9.78 Å². The van der Waals surface area contributed by atoms with E-state index in [1.165, 1.54) is 4.80 Å². The van der Waals surface area contributed by atoms with Gasteiger partial charge in [0.1, 0.15) is 12.3 Å². The van der Waals surface area contributed by atoms with E-state index in [-0.39, 0.29) is 12.5 Å². The van der Waals surface area contributed by atoms with Crippen LogP contribution in [0.4, 0.5) is 5.69 Å². The molecule has 0 aliphatic heterocycles. The van der Waals surface area contributed by atoms with Crippen LogP contribution >= 0.6 is 0 Å². The standard InChI is InChI=1S/C15H14N6O2/c1-23-13-6-2-5-12(8-13)17-14(22)10-21-19-15(18-20-21)11-4-3-7-16-9-11/h2-9H,10H2,1H3,(H,17,22). The first-order valence-corrected chi connectivity index (χ1v) is 6.87. The Morgan fingerprint density at radius 2 is 2.22 bits per heavy atom. The monoisotopic (exact) mass is 310 g/mol. The number of hydrogen-bond acceptors (Lipinski definition) is 6. The van der Waals surface area contributed by atoms with Crippen molar-refractivity contribution >= 4 is 11.6 Å². The molecule has 23 heavy (non-hydrogen) atoms. The zero-order chi connectivity index (χ0) is 16.1. The molecular formula is C15H14N6O2. The average Bonchev–Trinajstić information content (AvgIpc) is 3.04. The number of benzene rings is 1. The minimum absolute atomic E-state index is 0.0372. The molecule has 0 fully saturated rings. The van der Waals surface area contributed by atoms with Crippen molar-refractivity contribution in [1.29, 1.82) is 0 Å². The van der Waals surface area contributed by atoms with Crippen LogP contribution in [0.3, 0.4) is 0 Å². The first kappa shape index (κ1) is 14.6. The molecule has 116 valence electrons. The van der Waals surface area contributed by atoms with Crippen molar-refractivity contribution in [3.63, 3.8) is 0 Å². The summed E-state index contributed by atoms with van der Waals surface area (Å²) in [5, 5.41) is 14.7. The van der Waals surface area contributed by atoms with Crippen LogP contribution in [0, 0.1) is 0 Å². The smallest absolute Gasteiger partial charge is 0.248 e. The highest BCUT2D eigenvalue weighted by Gasteiger charge is 2.09. The van der Waals surface area contributed by atoms with Gasteiger partial charge in [0.05, 0.1) is 7.11 Å². The normalized spacial score (nSPS) is 10.3. The molecule has 1 amide bonds. The van der Waals surface area contributed by atoms with Gasteiger partial charge in [0, 0.05) is 29.7 Å². The molecule has 8 heteroatoms. The Bertz CT molecular complexity index is 802. The molecule has 0 saturated heterocycles. The third kappa shape index (κ3) is 3.67. The lowest BCUT2D eigenvalue weighted by atomic mass is 10.3. The third-order valence-electron chi connectivity index (χ3n) is 3.01. The zero-order valence-electron chi connectivity index (χ0n) is 12.4. The lowest BCUT2D eigenvalue weighted by Crippen LogP contribution is -2.20. The number of pyridine rings is 1. The number of carbonyl (C=O) groups is 1. The number of nitrogens with zero attached hydrogens (tertiary/aromatic N) is 5. The number of tetrazole rings is 1. The molecule has 0 unspecified atom stereocenters. The lowest BCUT2D eigenvalue weighted by Gasteiger charge is -2.06. The lowest BCUT2D eigenvalue weighted by molar-refractivity contribution is -0.117. The highest BCUT2D eigenvalue weighted by atomic mass is 16.5. The Balaban J connectivity index is 1.65. The van der Waals surface area contributed by atoms with Crippen molar-refractivity contribution in [3.05, 3.63) is 48.8 Å². The van der Waals surface area contributed by atoms with Gasteiger partial charge >= 0.3 is 0 Å². The Hall–Kier alpha value is -3.29. The number of anilines is 1. The van der Waals surface area contributed by atoms with E-state index in [0.29, 0.717) is 17.3 Å². The number of nitrogens with one attached hydrogen (secondary N) is 1. The Kier molecular flexibility index (Phi) is 4.23. The van der Waals surface area contributed by atoms with Crippen LogP contribution in [0.5, 0.6) is 5.75 Å². The van der Waals surface area contributed by atoms with Crippen molar-refractivity contribution in [2.24, 2.45) is 0 Å². The summed E-state index contributed by atoms with van der Waals surface area (Å²) in [6, 6.07) is 10.7. The molecule has 0 bridgehead atoms. The third-order valence-corrected chi connectivity index (χ3v) is 3.01. The molecule has 1 N–H and O–H groups in total. The maximum absolute atomic E-state index is 12.0. The van der Waals surface area contributed by atoms with Crippen molar-refractivity contribution in [2.45, 2.75) is 6.54 Å². The first-order chi connectivity index (χ1) is 11.2. The fourth-order valence-corrected chi connectivity index (χ4v) is 1.95. The summed E-state index contributed by atoms with van der Waals surface area (Å²) < 4.78 is 5.11. The molecule has 1 aromatic carbocycles. The van der Waals surface area contributed by atoms with Gasteiger partial charge in [-0.05, 0) is 29.5 Å². The minimum Gasteiger partial charge on any atom is -0.497 e. The first-order valence-electron chi connectivity index (χ1n) is 6.87. The second-order valence-electron chi connectivity index (χ2n) is 4.67. The number of methoxy groups -OCH3 is 1. The van der Waals surface area contributed by atoms with Gasteiger partial charge in [0.25, 0.3) is 0 Å². The highest BCUT2D eigenvalue weighted by Crippen LogP contribution is 2.16. The SMILES string of the molecule is COc1cccc(NC(=O)Cn2nnc(-c3cccnc3)n2)c1. The fraction of sp³-hybridized carbons (Fsp3) is 0.133. The van der Waals surface area contributed by atoms with Crippen LogP contribution in [-0.2, 0) is 11.3 Å². The van der Waals surface area contributed by atoms with Crippen LogP contribution in [0.25, 0.3) is 11.4 Å². The highest BCUT2D eigenvalue weighted by molar-refractivity contribution is 5.90. The molecule has 0 radical (unpaired) electrons. The van der Waals surface area contributed by atoms with Gasteiger partial charge in [0.2, 0.25) is 11.7 Å². The topological polar surface area (TPSA) is 94.8 Å². The summed E-state index contributed by atoms with van der Waals surface area (Å²) in [4.78, 5) is 17.3. The molecule has 2 heterocycles. The number of ether oxygens (including phenoxy) is 1. The van der Waals surface area contributed by atoms with E-state index in [9.17, 15) is 4.79 Å². The van der Waals surface area contributed by atoms with Gasteiger partial charge in [-0.2, -0.15) is 4.80 Å². The number of rotatable bonds is 5. The Morgan fingerprint density at radius 1 is 1.30 bits per heavy atom. The number of amides is 1. The van der Waals surface area contributed by atoms with Crippen molar-refractivity contribution in [2.75, 3.05) is 12.4 Å². The van der Waals surface area contributed by atoms with E-state index in [0.717, 1.165) is 5.56 Å². The van der Waals surface area contributed by atoms with Gasteiger partial charge in [-0.15, -0.1) is 10.2 Å². The van der Waals surface area contributed by atoms with Gasteiger partial charge in [0.15, 0.2) is 0 Å². The molecule has 3 aromatic rings. The predicted octanol–water partition coefficient (Wildman–Crippen LogP) is 1.38. The van der Waals surface area contributed by atoms with E-state index < -0.39 is 0 Å². The van der Waals surface area contributed by atoms with Crippen molar-refractivity contribution in [3.8, 4) is 17.1 Å². The quantitative estimate of drug-likeness (QED) is 0.765. The number of hydrogen-bond donors (Lipinski definition) is 1. The van der Waals surface area contributed by atoms with Crippen LogP contribution in [0.1, 0.15) is 0 Å². The van der Waals surface area contributed by atoms with E-state index in [4.69, 9.17) is 4.74 Å². The predicted molar refractivity (Wildman–Crippen MR) is 82.7 cm³/mol. The van der Waals surface area contributed by atoms with E-state index in [1.54, 1.807) is 49.8 Å². The van der Waals surface area contributed by atoms with Gasteiger partial charge in [-0.1, -0.05) is 6.07 Å². The summed E-state index contributed by atoms with van der Waals surface area (Å²) in [7, 11) is 1.57. The summed E-state index contributed by atoms with van der Waals surface area (Å²) in [5.41, 5.74) is 1.38. The van der Waals surface area contributed by atoms with E-state index >= 15 is 0 Å². The molecular weight excluding hydrogens is 296 g/mol. The average molecular weight is 310 g/mol. The summed E-state index contributed by atoms with van der Waals surface area (Å²) in [5.74, 6) is 0.834. The van der Waals surface area contributed by atoms with Gasteiger partial charge in [-0.25, -0.2) is 0 Å². The van der Waals surface area contributed by atoms with E-state index in [2.05, 4.69) is 25.7 Å². The van der Waals surface area contributed by atoms with E-state index in [1.807, 2.05) is 6.07 Å². The second kappa shape index (κ2) is 6.65. The molecule has 3 rings (SSSR count). The Morgan fingerprint density at radius 3 is 3.00 bits per heavy atom. The van der Waals surface area contributed by atoms with Crippen LogP contribution < -0.4 is 10.1 Å². The van der Waals surface area contributed by atoms with Crippen molar-refractivity contribution in [1.82, 2.24) is 25.2 Å². The van der Waals surface area contributed by atoms with Crippen LogP contribution in [-0.4, -0.2) is 38.2 Å². The molecule has 0 saturated carbocycles. The molecule has 0 spiro atoms. The number of aromatic nitrogens is 5. The summed E-state index contributed by atoms with van der Waals surface area (Å²) >= 11 is 0.